The van der Waals surface area contributed by atoms with Gasteiger partial charge in [0.15, 0.2) is 5.79 Å². The van der Waals surface area contributed by atoms with E-state index in [1.807, 2.05) is 11.8 Å². The van der Waals surface area contributed by atoms with Crippen LogP contribution < -0.4 is 0 Å². The Labute approximate surface area is 156 Å². The summed E-state index contributed by atoms with van der Waals surface area (Å²) in [5, 5.41) is 11.3. The molecule has 3 aliphatic rings. The van der Waals surface area contributed by atoms with Crippen LogP contribution in [0.5, 0.6) is 0 Å². The molecule has 1 N–H and O–H groups in total. The molecule has 5 atom stereocenters. The molecule has 1 aromatic carbocycles. The number of hydrogen-bond acceptors (Lipinski definition) is 3. The number of thioether (sulfide) groups is 1. The van der Waals surface area contributed by atoms with Gasteiger partial charge in [-0.2, -0.15) is 11.8 Å². The quantitative estimate of drug-likeness (QED) is 0.749. The third-order valence-electron chi connectivity index (χ3n) is 6.76. The first-order valence-electron chi connectivity index (χ1n) is 9.70. The fourth-order valence-electron chi connectivity index (χ4n) is 5.39. The zero-order valence-corrected chi connectivity index (χ0v) is 16.4. The molecule has 0 amide bonds. The first kappa shape index (κ1) is 17.6. The first-order chi connectivity index (χ1) is 11.9. The fourth-order valence-corrected chi connectivity index (χ4v) is 6.44. The van der Waals surface area contributed by atoms with Gasteiger partial charge >= 0.3 is 0 Å². The monoisotopic (exact) mass is 358 g/mol. The number of rotatable bonds is 5. The lowest BCUT2D eigenvalue weighted by molar-refractivity contribution is -0.233. The van der Waals surface area contributed by atoms with Crippen LogP contribution in [0.1, 0.15) is 45.6 Å². The Balaban J connectivity index is 1.55. The minimum absolute atomic E-state index is 0.124. The lowest BCUT2D eigenvalue weighted by atomic mass is 9.76. The van der Waals surface area contributed by atoms with Crippen LogP contribution in [-0.4, -0.2) is 22.2 Å². The summed E-state index contributed by atoms with van der Waals surface area (Å²) < 4.78 is 6.45. The number of aliphatic hydroxyl groups is 1. The molecule has 2 aliphatic heterocycles. The van der Waals surface area contributed by atoms with Crippen molar-refractivity contribution in [3.8, 4) is 0 Å². The highest BCUT2D eigenvalue weighted by Gasteiger charge is 2.65. The molecule has 0 aromatic heterocycles. The second kappa shape index (κ2) is 6.44. The summed E-state index contributed by atoms with van der Waals surface area (Å²) in [5.74, 6) is 2.67. The maximum Gasteiger partial charge on any atom is 0.189 e. The van der Waals surface area contributed by atoms with E-state index in [-0.39, 0.29) is 11.5 Å². The van der Waals surface area contributed by atoms with Crippen molar-refractivity contribution in [2.75, 3.05) is 5.75 Å². The predicted octanol–water partition coefficient (Wildman–Crippen LogP) is 5.03. The van der Waals surface area contributed by atoms with Crippen molar-refractivity contribution in [3.63, 3.8) is 0 Å². The Morgan fingerprint density at radius 2 is 1.96 bits per heavy atom. The lowest BCUT2D eigenvalue weighted by Crippen LogP contribution is -2.47. The van der Waals surface area contributed by atoms with E-state index in [1.54, 1.807) is 0 Å². The van der Waals surface area contributed by atoms with Gasteiger partial charge in [0.25, 0.3) is 0 Å². The average Bonchev–Trinajstić information content (AvgIpc) is 3.03. The summed E-state index contributed by atoms with van der Waals surface area (Å²) >= 11 is 1.96. The van der Waals surface area contributed by atoms with Crippen LogP contribution in [0.4, 0.5) is 0 Å². The van der Waals surface area contributed by atoms with Gasteiger partial charge in [0.1, 0.15) is 0 Å². The van der Waals surface area contributed by atoms with Crippen molar-refractivity contribution in [2.45, 2.75) is 57.2 Å². The molecule has 4 rings (SSSR count). The Bertz CT molecular complexity index is 655. The Kier molecular flexibility index (Phi) is 4.54. The van der Waals surface area contributed by atoms with Crippen LogP contribution in [0, 0.1) is 23.7 Å². The van der Waals surface area contributed by atoms with E-state index < -0.39 is 5.79 Å². The van der Waals surface area contributed by atoms with Gasteiger partial charge in [0, 0.05) is 23.3 Å². The van der Waals surface area contributed by atoms with Crippen molar-refractivity contribution >= 4 is 11.8 Å². The van der Waals surface area contributed by atoms with Crippen LogP contribution in [0.3, 0.4) is 0 Å². The molecule has 25 heavy (non-hydrogen) atoms. The highest BCUT2D eigenvalue weighted by molar-refractivity contribution is 7.98. The molecule has 2 nitrogen and oxygen atoms in total. The molecular formula is C22H30O2S. The summed E-state index contributed by atoms with van der Waals surface area (Å²) in [6, 6.07) is 10.7. The zero-order chi connectivity index (χ0) is 17.7. The molecule has 1 spiro atoms. The van der Waals surface area contributed by atoms with E-state index in [9.17, 15) is 5.11 Å². The predicted molar refractivity (Wildman–Crippen MR) is 104 cm³/mol. The van der Waals surface area contributed by atoms with Crippen LogP contribution in [0.2, 0.25) is 0 Å². The maximum absolute atomic E-state index is 11.3. The summed E-state index contributed by atoms with van der Waals surface area (Å²) in [5.41, 5.74) is 2.68. The van der Waals surface area contributed by atoms with E-state index in [0.29, 0.717) is 17.8 Å². The third kappa shape index (κ3) is 2.89. The molecule has 1 saturated carbocycles. The van der Waals surface area contributed by atoms with Crippen LogP contribution in [0.25, 0.3) is 0 Å². The molecule has 2 fully saturated rings. The Morgan fingerprint density at radius 3 is 2.68 bits per heavy atom. The molecule has 1 unspecified atom stereocenters. The lowest BCUT2D eigenvalue weighted by Gasteiger charge is -2.42. The number of benzene rings is 1. The van der Waals surface area contributed by atoms with E-state index in [2.05, 4.69) is 57.2 Å². The van der Waals surface area contributed by atoms with Gasteiger partial charge < -0.3 is 9.84 Å². The highest BCUT2D eigenvalue weighted by atomic mass is 32.2. The molecule has 1 saturated heterocycles. The Morgan fingerprint density at radius 1 is 1.20 bits per heavy atom. The van der Waals surface area contributed by atoms with E-state index >= 15 is 0 Å². The van der Waals surface area contributed by atoms with Crippen molar-refractivity contribution in [3.05, 3.63) is 47.5 Å². The van der Waals surface area contributed by atoms with Crippen LogP contribution in [0.15, 0.2) is 42.0 Å². The normalized spacial score (nSPS) is 39.6. The average molecular weight is 359 g/mol. The minimum Gasteiger partial charge on any atom is -0.362 e. The molecule has 1 aliphatic carbocycles. The summed E-state index contributed by atoms with van der Waals surface area (Å²) in [6.07, 6.45) is 5.53. The van der Waals surface area contributed by atoms with Gasteiger partial charge in [-0.1, -0.05) is 56.7 Å². The minimum atomic E-state index is -1.05. The summed E-state index contributed by atoms with van der Waals surface area (Å²) in [6.45, 7) is 6.76. The standard InChI is InChI=1S/C22H30O2S/c1-15(2)20-12-21-16(3)9-10-19(21)18(11-22(20,23)24-21)14-25-13-17-7-5-4-6-8-17/h4-8,11,15-16,19-20,23H,9-10,12-14H2,1-3H3/t16-,19?,20-,21-,22-/m0/s1. The maximum atomic E-state index is 11.3. The summed E-state index contributed by atoms with van der Waals surface area (Å²) in [7, 11) is 0. The van der Waals surface area contributed by atoms with Crippen molar-refractivity contribution in [2.24, 2.45) is 23.7 Å². The van der Waals surface area contributed by atoms with Gasteiger partial charge in [-0.3, -0.25) is 0 Å². The number of ether oxygens (including phenoxy) is 1. The summed E-state index contributed by atoms with van der Waals surface area (Å²) in [4.78, 5) is 0. The van der Waals surface area contributed by atoms with Crippen molar-refractivity contribution in [1.82, 2.24) is 0 Å². The van der Waals surface area contributed by atoms with E-state index in [4.69, 9.17) is 4.74 Å². The molecule has 136 valence electrons. The third-order valence-corrected chi connectivity index (χ3v) is 7.84. The van der Waals surface area contributed by atoms with Crippen LogP contribution >= 0.6 is 11.8 Å². The zero-order valence-electron chi connectivity index (χ0n) is 15.6. The second-order valence-electron chi connectivity index (χ2n) is 8.59. The van der Waals surface area contributed by atoms with Crippen molar-refractivity contribution < 1.29 is 9.84 Å². The SMILES string of the molecule is CC(C)[C@@H]1C[C@@]23O[C@@]1(O)C=C(CSCc1ccccc1)C2CC[C@@H]3C. The van der Waals surface area contributed by atoms with Crippen LogP contribution in [-0.2, 0) is 10.5 Å². The van der Waals surface area contributed by atoms with E-state index in [1.165, 1.54) is 24.0 Å². The molecule has 0 radical (unpaired) electrons. The van der Waals surface area contributed by atoms with E-state index in [0.717, 1.165) is 17.9 Å². The van der Waals surface area contributed by atoms with Gasteiger partial charge in [-0.25, -0.2) is 0 Å². The van der Waals surface area contributed by atoms with Gasteiger partial charge in [-0.15, -0.1) is 0 Å². The number of hydrogen-bond donors (Lipinski definition) is 1. The molecular weight excluding hydrogens is 328 g/mol. The second-order valence-corrected chi connectivity index (χ2v) is 9.58. The van der Waals surface area contributed by atoms with Gasteiger partial charge in [-0.05, 0) is 42.7 Å². The molecule has 3 heteroatoms. The smallest absolute Gasteiger partial charge is 0.189 e. The highest BCUT2D eigenvalue weighted by Crippen LogP contribution is 2.62. The largest absolute Gasteiger partial charge is 0.362 e. The fraction of sp³-hybridized carbons (Fsp3) is 0.636. The molecule has 2 heterocycles. The molecule has 2 bridgehead atoms. The molecule has 1 aromatic rings. The van der Waals surface area contributed by atoms with Crippen molar-refractivity contribution in [1.29, 1.82) is 0 Å². The number of fused-ring (bicyclic) bond motifs is 1. The van der Waals surface area contributed by atoms with Gasteiger partial charge in [0.2, 0.25) is 0 Å². The topological polar surface area (TPSA) is 29.5 Å². The first-order valence-corrected chi connectivity index (χ1v) is 10.9. The Hall–Kier alpha value is -0.770. The van der Waals surface area contributed by atoms with Gasteiger partial charge in [0.05, 0.1) is 5.60 Å².